The summed E-state index contributed by atoms with van der Waals surface area (Å²) in [4.78, 5) is 29.6. The number of methoxy groups -OCH3 is 1. The molecule has 13 heteroatoms. The Morgan fingerprint density at radius 1 is 1.10 bits per heavy atom. The standard InChI is InChI=1S/C29H26FN5O6S/c1-15-7-16-9-18(38-2)14-31-26(16)19(8-15)27-35-21-10-20(30)24(11-25(21)42-27)40-22-3-4-23(22)41-29(37)34-17-12-32-28(33-13-17)39-6-5-36/h7-14,22-23,36H,3-6H2,1-2H3,(H,34,37)/t22-,23+/m0/s1. The third kappa shape index (κ3) is 5.74. The van der Waals surface area contributed by atoms with Crippen molar-refractivity contribution >= 4 is 44.2 Å². The number of benzene rings is 2. The molecule has 2 atom stereocenters. The van der Waals surface area contributed by atoms with Gasteiger partial charge in [-0.05, 0) is 43.5 Å². The molecule has 42 heavy (non-hydrogen) atoms. The van der Waals surface area contributed by atoms with Crippen LogP contribution < -0.4 is 19.5 Å². The largest absolute Gasteiger partial charge is 0.495 e. The number of carbonyl (C=O) groups excluding carboxylic acids is 1. The van der Waals surface area contributed by atoms with Crippen LogP contribution in [0, 0.1) is 12.7 Å². The van der Waals surface area contributed by atoms with Crippen LogP contribution in [-0.2, 0) is 4.74 Å². The number of aromatic nitrogens is 4. The van der Waals surface area contributed by atoms with Gasteiger partial charge >= 0.3 is 12.1 Å². The summed E-state index contributed by atoms with van der Waals surface area (Å²) < 4.78 is 37.7. The van der Waals surface area contributed by atoms with E-state index < -0.39 is 24.1 Å². The highest BCUT2D eigenvalue weighted by Crippen LogP contribution is 2.38. The minimum Gasteiger partial charge on any atom is -0.495 e. The zero-order valence-electron chi connectivity index (χ0n) is 22.7. The molecule has 2 N–H and O–H groups in total. The van der Waals surface area contributed by atoms with Gasteiger partial charge in [-0.25, -0.2) is 24.1 Å². The Balaban J connectivity index is 1.15. The van der Waals surface area contributed by atoms with Crippen molar-refractivity contribution in [3.05, 3.63) is 60.3 Å². The van der Waals surface area contributed by atoms with Crippen LogP contribution in [0.4, 0.5) is 14.9 Å². The van der Waals surface area contributed by atoms with Crippen molar-refractivity contribution in [1.29, 1.82) is 0 Å². The van der Waals surface area contributed by atoms with Gasteiger partial charge in [-0.2, -0.15) is 0 Å². The van der Waals surface area contributed by atoms with Crippen LogP contribution in [-0.4, -0.2) is 63.7 Å². The lowest BCUT2D eigenvalue weighted by Crippen LogP contribution is -2.45. The van der Waals surface area contributed by atoms with Crippen LogP contribution in [0.5, 0.6) is 17.5 Å². The number of aliphatic hydroxyl groups excluding tert-OH is 1. The van der Waals surface area contributed by atoms with Crippen molar-refractivity contribution in [3.63, 3.8) is 0 Å². The lowest BCUT2D eigenvalue weighted by molar-refractivity contribution is -0.0431. The Bertz CT molecular complexity index is 1770. The smallest absolute Gasteiger partial charge is 0.412 e. The Morgan fingerprint density at radius 3 is 2.64 bits per heavy atom. The Labute approximate surface area is 243 Å². The molecular formula is C29H26FN5O6S. The number of rotatable bonds is 9. The Hall–Kier alpha value is -4.62. The van der Waals surface area contributed by atoms with Gasteiger partial charge in [-0.1, -0.05) is 0 Å². The Kier molecular flexibility index (Phi) is 7.68. The molecule has 6 rings (SSSR count). The number of amides is 1. The quantitative estimate of drug-likeness (QED) is 0.233. The van der Waals surface area contributed by atoms with E-state index in [9.17, 15) is 4.79 Å². The van der Waals surface area contributed by atoms with Gasteiger partial charge in [0.05, 0.1) is 53.7 Å². The maximum absolute atomic E-state index is 15.1. The summed E-state index contributed by atoms with van der Waals surface area (Å²) in [6.45, 7) is 1.90. The molecule has 0 aliphatic heterocycles. The first-order chi connectivity index (χ1) is 20.4. The number of anilines is 1. The summed E-state index contributed by atoms with van der Waals surface area (Å²) in [5.41, 5.74) is 3.49. The number of aliphatic hydroxyl groups is 1. The van der Waals surface area contributed by atoms with Crippen molar-refractivity contribution in [1.82, 2.24) is 19.9 Å². The average Bonchev–Trinajstić information content (AvgIpc) is 3.39. The van der Waals surface area contributed by atoms with E-state index in [-0.39, 0.29) is 25.0 Å². The molecular weight excluding hydrogens is 565 g/mol. The highest BCUT2D eigenvalue weighted by atomic mass is 32.1. The first-order valence-electron chi connectivity index (χ1n) is 13.1. The fourth-order valence-electron chi connectivity index (χ4n) is 4.54. The second-order valence-electron chi connectivity index (χ2n) is 9.66. The molecule has 0 bridgehead atoms. The number of aryl methyl sites for hydroxylation is 1. The fraction of sp³-hybridized carbons (Fsp3) is 0.276. The van der Waals surface area contributed by atoms with E-state index in [2.05, 4.69) is 20.3 Å². The first kappa shape index (κ1) is 27.5. The number of carbonyl (C=O) groups is 1. The lowest BCUT2D eigenvalue weighted by Gasteiger charge is -2.35. The number of pyridine rings is 1. The van der Waals surface area contributed by atoms with E-state index >= 15 is 4.39 Å². The summed E-state index contributed by atoms with van der Waals surface area (Å²) in [5, 5.41) is 13.0. The molecule has 0 radical (unpaired) electrons. The predicted molar refractivity (Wildman–Crippen MR) is 154 cm³/mol. The highest BCUT2D eigenvalue weighted by Gasteiger charge is 2.37. The van der Waals surface area contributed by atoms with Gasteiger partial charge in [0.1, 0.15) is 29.6 Å². The number of thiazole rings is 1. The van der Waals surface area contributed by atoms with E-state index in [1.54, 1.807) is 19.4 Å². The molecule has 0 spiro atoms. The number of hydrogen-bond donors (Lipinski definition) is 2. The van der Waals surface area contributed by atoms with Crippen molar-refractivity contribution in [2.24, 2.45) is 0 Å². The van der Waals surface area contributed by atoms with Crippen LogP contribution in [0.2, 0.25) is 0 Å². The number of nitrogens with one attached hydrogen (secondary N) is 1. The Morgan fingerprint density at radius 2 is 1.90 bits per heavy atom. The SMILES string of the molecule is COc1cnc2c(-c3nc4cc(F)c(O[C@H]5CC[C@H]5OC(=O)Nc5cnc(OCCO)nc5)cc4s3)cc(C)cc2c1. The molecule has 3 aromatic heterocycles. The van der Waals surface area contributed by atoms with Gasteiger partial charge in [0, 0.05) is 23.1 Å². The van der Waals surface area contributed by atoms with Crippen molar-refractivity contribution in [2.75, 3.05) is 25.6 Å². The molecule has 3 heterocycles. The number of nitrogens with zero attached hydrogens (tertiary/aromatic N) is 4. The van der Waals surface area contributed by atoms with Gasteiger partial charge in [-0.15, -0.1) is 11.3 Å². The third-order valence-electron chi connectivity index (χ3n) is 6.69. The molecule has 216 valence electrons. The van der Waals surface area contributed by atoms with Crippen LogP contribution in [0.15, 0.2) is 48.9 Å². The van der Waals surface area contributed by atoms with Crippen molar-refractivity contribution < 1.29 is 33.2 Å². The van der Waals surface area contributed by atoms with Gasteiger partial charge in [0.2, 0.25) is 0 Å². The van der Waals surface area contributed by atoms with Gasteiger partial charge < -0.3 is 24.1 Å². The van der Waals surface area contributed by atoms with Gasteiger partial charge in [-0.3, -0.25) is 10.3 Å². The topological polar surface area (TPSA) is 138 Å². The lowest BCUT2D eigenvalue weighted by atomic mass is 9.92. The summed E-state index contributed by atoms with van der Waals surface area (Å²) in [6, 6.07) is 9.03. The maximum atomic E-state index is 15.1. The molecule has 1 aliphatic rings. The van der Waals surface area contributed by atoms with Gasteiger partial charge in [0.25, 0.3) is 0 Å². The van der Waals surface area contributed by atoms with Crippen LogP contribution >= 0.6 is 11.3 Å². The second-order valence-corrected chi connectivity index (χ2v) is 10.7. The van der Waals surface area contributed by atoms with E-state index in [0.717, 1.165) is 26.7 Å². The summed E-state index contributed by atoms with van der Waals surface area (Å²) in [6.07, 6.45) is 3.81. The fourth-order valence-corrected chi connectivity index (χ4v) is 5.53. The van der Waals surface area contributed by atoms with E-state index in [1.807, 2.05) is 25.1 Å². The van der Waals surface area contributed by atoms with Crippen LogP contribution in [0.3, 0.4) is 0 Å². The monoisotopic (exact) mass is 591 g/mol. The summed E-state index contributed by atoms with van der Waals surface area (Å²) in [7, 11) is 1.60. The van der Waals surface area contributed by atoms with E-state index in [1.165, 1.54) is 29.8 Å². The predicted octanol–water partition coefficient (Wildman–Crippen LogP) is 5.29. The normalized spacial score (nSPS) is 16.2. The molecule has 5 aromatic rings. The molecule has 1 amide bonds. The zero-order chi connectivity index (χ0) is 29.2. The third-order valence-corrected chi connectivity index (χ3v) is 7.75. The average molecular weight is 592 g/mol. The number of ether oxygens (including phenoxy) is 4. The molecule has 11 nitrogen and oxygen atoms in total. The number of fused-ring (bicyclic) bond motifs is 2. The molecule has 0 unspecified atom stereocenters. The van der Waals surface area contributed by atoms with Crippen LogP contribution in [0.1, 0.15) is 18.4 Å². The number of halogens is 1. The second kappa shape index (κ2) is 11.7. The first-order valence-corrected chi connectivity index (χ1v) is 14.0. The minimum absolute atomic E-state index is 0.0625. The molecule has 2 aromatic carbocycles. The minimum atomic E-state index is -0.708. The molecule has 1 saturated carbocycles. The highest BCUT2D eigenvalue weighted by molar-refractivity contribution is 7.21. The van der Waals surface area contributed by atoms with E-state index in [0.29, 0.717) is 34.8 Å². The van der Waals surface area contributed by atoms with Crippen molar-refractivity contribution in [2.45, 2.75) is 32.0 Å². The summed E-state index contributed by atoms with van der Waals surface area (Å²) >= 11 is 1.42. The molecule has 0 saturated heterocycles. The van der Waals surface area contributed by atoms with Crippen molar-refractivity contribution in [3.8, 4) is 28.1 Å². The van der Waals surface area contributed by atoms with E-state index in [4.69, 9.17) is 29.0 Å². The molecule has 1 fully saturated rings. The maximum Gasteiger partial charge on any atom is 0.412 e. The zero-order valence-corrected chi connectivity index (χ0v) is 23.5. The van der Waals surface area contributed by atoms with Crippen LogP contribution in [0.25, 0.3) is 31.7 Å². The van der Waals surface area contributed by atoms with Gasteiger partial charge in [0.15, 0.2) is 11.6 Å². The molecule has 1 aliphatic carbocycles. The summed E-state index contributed by atoms with van der Waals surface area (Å²) in [5.74, 6) is 0.184. The number of hydrogen-bond acceptors (Lipinski definition) is 11.